The van der Waals surface area contributed by atoms with E-state index >= 15 is 0 Å². The number of aryl methyl sites for hydroxylation is 2. The molecule has 0 saturated heterocycles. The molecule has 2 heterocycles. The van der Waals surface area contributed by atoms with E-state index in [9.17, 15) is 9.59 Å². The number of anilines is 2. The topological polar surface area (TPSA) is 128 Å². The van der Waals surface area contributed by atoms with Crippen molar-refractivity contribution in [3.05, 3.63) is 87.6 Å². The maximum absolute atomic E-state index is 13.9. The van der Waals surface area contributed by atoms with Crippen LogP contribution in [-0.2, 0) is 4.79 Å². The molecule has 1 unspecified atom stereocenters. The highest BCUT2D eigenvalue weighted by Crippen LogP contribution is 2.28. The zero-order chi connectivity index (χ0) is 27.4. The van der Waals surface area contributed by atoms with Crippen LogP contribution in [0.3, 0.4) is 0 Å². The van der Waals surface area contributed by atoms with Crippen molar-refractivity contribution in [3.63, 3.8) is 0 Å². The third kappa shape index (κ3) is 5.56. The van der Waals surface area contributed by atoms with Crippen LogP contribution in [0.5, 0.6) is 0 Å². The lowest BCUT2D eigenvalue weighted by Crippen LogP contribution is -2.29. The van der Waals surface area contributed by atoms with Crippen LogP contribution in [0.15, 0.2) is 59.4 Å². The molecule has 4 N–H and O–H groups in total. The van der Waals surface area contributed by atoms with Gasteiger partial charge in [-0.2, -0.15) is 4.98 Å². The van der Waals surface area contributed by atoms with Gasteiger partial charge in [-0.25, -0.2) is 9.97 Å². The van der Waals surface area contributed by atoms with Crippen molar-refractivity contribution in [3.8, 4) is 5.69 Å². The SMILES string of the molecule is CCC(Nc1nc(N)nc(C)c1/C=C/C(=O)NC(C)C)c1nc2cccc(C)c2c(=O)n1-c1ccccc1. The minimum Gasteiger partial charge on any atom is -0.368 e. The van der Waals surface area contributed by atoms with E-state index in [4.69, 9.17) is 10.7 Å². The van der Waals surface area contributed by atoms with Gasteiger partial charge in [-0.1, -0.05) is 37.3 Å². The quantitative estimate of drug-likeness (QED) is 0.298. The fourth-order valence-corrected chi connectivity index (χ4v) is 4.39. The summed E-state index contributed by atoms with van der Waals surface area (Å²) in [7, 11) is 0. The molecule has 196 valence electrons. The molecule has 0 bridgehead atoms. The van der Waals surface area contributed by atoms with Gasteiger partial charge in [0.15, 0.2) is 0 Å². The highest BCUT2D eigenvalue weighted by molar-refractivity contribution is 5.93. The van der Waals surface area contributed by atoms with E-state index < -0.39 is 6.04 Å². The lowest BCUT2D eigenvalue weighted by Gasteiger charge is -2.23. The Morgan fingerprint density at radius 1 is 1.05 bits per heavy atom. The molecular formula is C29H33N7O2. The minimum atomic E-state index is -0.404. The van der Waals surface area contributed by atoms with E-state index in [2.05, 4.69) is 20.6 Å². The number of hydrogen-bond acceptors (Lipinski definition) is 7. The first-order valence-electron chi connectivity index (χ1n) is 12.7. The van der Waals surface area contributed by atoms with E-state index in [1.807, 2.05) is 76.2 Å². The van der Waals surface area contributed by atoms with Gasteiger partial charge in [0.05, 0.1) is 28.3 Å². The third-order valence-corrected chi connectivity index (χ3v) is 6.16. The first-order chi connectivity index (χ1) is 18.2. The molecular weight excluding hydrogens is 478 g/mol. The Balaban J connectivity index is 1.86. The number of hydrogen-bond donors (Lipinski definition) is 3. The number of fused-ring (bicyclic) bond motifs is 1. The van der Waals surface area contributed by atoms with Gasteiger partial charge < -0.3 is 16.4 Å². The van der Waals surface area contributed by atoms with Gasteiger partial charge in [0.25, 0.3) is 5.56 Å². The van der Waals surface area contributed by atoms with Crippen LogP contribution in [-0.4, -0.2) is 31.5 Å². The normalized spacial score (nSPS) is 12.3. The van der Waals surface area contributed by atoms with Gasteiger partial charge in [0.1, 0.15) is 11.6 Å². The molecule has 4 aromatic rings. The number of amides is 1. The van der Waals surface area contributed by atoms with Crippen molar-refractivity contribution in [2.75, 3.05) is 11.1 Å². The summed E-state index contributed by atoms with van der Waals surface area (Å²) >= 11 is 0. The minimum absolute atomic E-state index is 0.00955. The molecule has 1 atom stereocenters. The van der Waals surface area contributed by atoms with Crippen molar-refractivity contribution in [1.29, 1.82) is 0 Å². The standard InChI is InChI=1S/C29H33N7O2/c1-6-22(33-26-21(19(5)32-29(30)35-26)15-16-24(37)31-17(2)3)27-34-23-14-10-11-18(4)25(23)28(38)36(27)20-12-8-7-9-13-20/h7-17,22H,6H2,1-5H3,(H,31,37)(H3,30,32,33,35)/b16-15+. The Hall–Kier alpha value is -4.53. The van der Waals surface area contributed by atoms with Crippen LogP contribution in [0.4, 0.5) is 11.8 Å². The maximum atomic E-state index is 13.9. The largest absolute Gasteiger partial charge is 0.368 e. The van der Waals surface area contributed by atoms with Gasteiger partial charge in [-0.3, -0.25) is 14.2 Å². The van der Waals surface area contributed by atoms with Crippen molar-refractivity contribution in [1.82, 2.24) is 24.8 Å². The summed E-state index contributed by atoms with van der Waals surface area (Å²) in [6, 6.07) is 14.7. The Labute approximate surface area is 221 Å². The highest BCUT2D eigenvalue weighted by atomic mass is 16.1. The molecule has 0 radical (unpaired) electrons. The summed E-state index contributed by atoms with van der Waals surface area (Å²) in [6.07, 6.45) is 3.71. The van der Waals surface area contributed by atoms with Crippen LogP contribution >= 0.6 is 0 Å². The zero-order valence-corrected chi connectivity index (χ0v) is 22.3. The Kier molecular flexibility index (Phi) is 7.85. The van der Waals surface area contributed by atoms with Gasteiger partial charge in [-0.05, 0) is 64.0 Å². The summed E-state index contributed by atoms with van der Waals surface area (Å²) in [5.41, 5.74) is 9.32. The molecule has 0 aliphatic rings. The average Bonchev–Trinajstić information content (AvgIpc) is 2.86. The second-order valence-corrected chi connectivity index (χ2v) is 9.45. The van der Waals surface area contributed by atoms with E-state index in [0.29, 0.717) is 45.9 Å². The monoisotopic (exact) mass is 511 g/mol. The molecule has 0 aliphatic carbocycles. The molecule has 9 heteroatoms. The summed E-state index contributed by atoms with van der Waals surface area (Å²) < 4.78 is 1.65. The van der Waals surface area contributed by atoms with Crippen molar-refractivity contribution >= 4 is 34.7 Å². The third-order valence-electron chi connectivity index (χ3n) is 6.16. The van der Waals surface area contributed by atoms with Crippen molar-refractivity contribution in [2.24, 2.45) is 0 Å². The second-order valence-electron chi connectivity index (χ2n) is 9.45. The number of aromatic nitrogens is 4. The molecule has 4 rings (SSSR count). The lowest BCUT2D eigenvalue weighted by atomic mass is 10.1. The number of nitrogens with one attached hydrogen (secondary N) is 2. The lowest BCUT2D eigenvalue weighted by molar-refractivity contribution is -0.116. The smallest absolute Gasteiger partial charge is 0.266 e. The summed E-state index contributed by atoms with van der Waals surface area (Å²) in [6.45, 7) is 9.51. The predicted molar refractivity (Wildman–Crippen MR) is 152 cm³/mol. The first kappa shape index (κ1) is 26.5. The summed E-state index contributed by atoms with van der Waals surface area (Å²) in [5.74, 6) is 0.877. The molecule has 38 heavy (non-hydrogen) atoms. The van der Waals surface area contributed by atoms with Gasteiger partial charge >= 0.3 is 0 Å². The summed E-state index contributed by atoms with van der Waals surface area (Å²) in [5, 5.41) is 6.86. The molecule has 0 aliphatic heterocycles. The number of para-hydroxylation sites is 1. The van der Waals surface area contributed by atoms with Crippen LogP contribution in [0, 0.1) is 13.8 Å². The first-order valence-corrected chi connectivity index (χ1v) is 12.7. The molecule has 1 amide bonds. The van der Waals surface area contributed by atoms with Crippen LogP contribution in [0.1, 0.15) is 55.9 Å². The Bertz CT molecular complexity index is 1560. The Morgan fingerprint density at radius 2 is 1.79 bits per heavy atom. The van der Waals surface area contributed by atoms with Gasteiger partial charge in [0, 0.05) is 17.7 Å². The molecule has 0 fully saturated rings. The number of nitrogens with two attached hydrogens (primary N) is 1. The van der Waals surface area contributed by atoms with E-state index in [-0.39, 0.29) is 23.5 Å². The van der Waals surface area contributed by atoms with Crippen molar-refractivity contribution < 1.29 is 4.79 Å². The molecule has 0 saturated carbocycles. The fourth-order valence-electron chi connectivity index (χ4n) is 4.39. The molecule has 9 nitrogen and oxygen atoms in total. The summed E-state index contributed by atoms with van der Waals surface area (Å²) in [4.78, 5) is 39.8. The predicted octanol–water partition coefficient (Wildman–Crippen LogP) is 4.48. The Morgan fingerprint density at radius 3 is 2.47 bits per heavy atom. The number of carbonyl (C=O) groups is 1. The van der Waals surface area contributed by atoms with Gasteiger partial charge in [0.2, 0.25) is 11.9 Å². The second kappa shape index (κ2) is 11.2. The van der Waals surface area contributed by atoms with Crippen LogP contribution < -0.4 is 21.9 Å². The van der Waals surface area contributed by atoms with E-state index in [1.165, 1.54) is 6.08 Å². The molecule has 2 aromatic carbocycles. The number of benzene rings is 2. The zero-order valence-electron chi connectivity index (χ0n) is 22.3. The van der Waals surface area contributed by atoms with Crippen LogP contribution in [0.2, 0.25) is 0 Å². The van der Waals surface area contributed by atoms with E-state index in [0.717, 1.165) is 5.56 Å². The highest BCUT2D eigenvalue weighted by Gasteiger charge is 2.22. The fraction of sp³-hybridized carbons (Fsp3) is 0.276. The van der Waals surface area contributed by atoms with Crippen LogP contribution in [0.25, 0.3) is 22.7 Å². The number of nitrogens with zero attached hydrogens (tertiary/aromatic N) is 4. The molecule has 0 spiro atoms. The van der Waals surface area contributed by atoms with E-state index in [1.54, 1.807) is 17.6 Å². The van der Waals surface area contributed by atoms with Gasteiger partial charge in [-0.15, -0.1) is 0 Å². The number of rotatable bonds is 8. The maximum Gasteiger partial charge on any atom is 0.266 e. The van der Waals surface area contributed by atoms with Crippen molar-refractivity contribution in [2.45, 2.75) is 53.1 Å². The average molecular weight is 512 g/mol. The number of nitrogen functional groups attached to an aromatic ring is 1. The number of carbonyl (C=O) groups excluding carboxylic acids is 1. The molecule has 2 aromatic heterocycles.